The molecule has 0 amide bonds. The molecular formula is C43H47N5O2. The Morgan fingerprint density at radius 3 is 1.34 bits per heavy atom. The lowest BCUT2D eigenvalue weighted by Crippen LogP contribution is -2.03. The molecule has 0 saturated carbocycles. The van der Waals surface area contributed by atoms with Crippen LogP contribution >= 0.6 is 0 Å². The van der Waals surface area contributed by atoms with E-state index < -0.39 is 0 Å². The summed E-state index contributed by atoms with van der Waals surface area (Å²) in [6.45, 7) is 19.3. The Morgan fingerprint density at radius 1 is 0.600 bits per heavy atom. The van der Waals surface area contributed by atoms with Gasteiger partial charge < -0.3 is 0 Å². The summed E-state index contributed by atoms with van der Waals surface area (Å²) in [5.41, 5.74) is 11.9. The first-order chi connectivity index (χ1) is 23.9. The molecule has 0 saturated heterocycles. The van der Waals surface area contributed by atoms with E-state index in [9.17, 15) is 10.1 Å². The van der Waals surface area contributed by atoms with E-state index in [-0.39, 0.29) is 34.3 Å². The van der Waals surface area contributed by atoms with Crippen LogP contribution in [-0.2, 0) is 0 Å². The average molecular weight is 666 g/mol. The van der Waals surface area contributed by atoms with Crippen molar-refractivity contribution >= 4 is 29.5 Å². The monoisotopic (exact) mass is 665 g/mol. The Balaban J connectivity index is 1.81. The number of rotatable bonds is 11. The number of aryl methyl sites for hydroxylation is 1. The fraction of sp³-hybridized carbons (Fsp3) is 0.302. The molecule has 0 bridgehead atoms. The zero-order valence-corrected chi connectivity index (χ0v) is 30.6. The molecule has 256 valence electrons. The largest absolute Gasteiger partial charge is 0.277 e. The van der Waals surface area contributed by atoms with Crippen molar-refractivity contribution in [3.05, 3.63) is 135 Å². The van der Waals surface area contributed by atoms with Crippen LogP contribution < -0.4 is 0 Å². The lowest BCUT2D eigenvalue weighted by molar-refractivity contribution is -0.384. The van der Waals surface area contributed by atoms with Gasteiger partial charge >= 0.3 is 0 Å². The Bertz CT molecular complexity index is 1990. The zero-order chi connectivity index (χ0) is 36.1. The van der Waals surface area contributed by atoms with Crippen molar-refractivity contribution in [2.45, 2.75) is 86.0 Å². The second kappa shape index (κ2) is 15.5. The summed E-state index contributed by atoms with van der Waals surface area (Å²) < 4.78 is 0. The van der Waals surface area contributed by atoms with Gasteiger partial charge in [0.05, 0.1) is 45.7 Å². The molecular weight excluding hydrogens is 619 g/mol. The Labute approximate surface area is 296 Å². The molecule has 7 heteroatoms. The van der Waals surface area contributed by atoms with E-state index in [0.29, 0.717) is 5.56 Å². The first-order valence-electron chi connectivity index (χ1n) is 17.4. The molecule has 0 fully saturated rings. The Kier molecular flexibility index (Phi) is 11.2. The van der Waals surface area contributed by atoms with Crippen molar-refractivity contribution in [2.24, 2.45) is 9.98 Å². The molecule has 2 aromatic heterocycles. The number of nitro benzene ring substituents is 1. The minimum absolute atomic E-state index is 0.0780. The molecule has 0 aliphatic rings. The maximum absolute atomic E-state index is 12.8. The van der Waals surface area contributed by atoms with Gasteiger partial charge in [0.25, 0.3) is 5.69 Å². The molecule has 50 heavy (non-hydrogen) atoms. The molecule has 5 rings (SSSR count). The van der Waals surface area contributed by atoms with Crippen molar-refractivity contribution < 1.29 is 4.92 Å². The van der Waals surface area contributed by atoms with Crippen LogP contribution in [0.25, 0.3) is 22.3 Å². The molecule has 2 heterocycles. The van der Waals surface area contributed by atoms with Gasteiger partial charge in [-0.2, -0.15) is 0 Å². The van der Waals surface area contributed by atoms with E-state index in [1.807, 2.05) is 55.6 Å². The summed E-state index contributed by atoms with van der Waals surface area (Å²) in [5.74, 6) is 0.545. The van der Waals surface area contributed by atoms with Gasteiger partial charge in [0, 0.05) is 18.5 Å². The van der Waals surface area contributed by atoms with Crippen LogP contribution in [0.4, 0.5) is 17.1 Å². The third-order valence-corrected chi connectivity index (χ3v) is 9.02. The third kappa shape index (κ3) is 7.78. The number of nitrogens with zero attached hydrogens (tertiary/aromatic N) is 5. The van der Waals surface area contributed by atoms with E-state index in [4.69, 9.17) is 9.98 Å². The van der Waals surface area contributed by atoms with Gasteiger partial charge in [0.2, 0.25) is 0 Å². The number of aliphatic imine (C=N–C) groups is 2. The topological polar surface area (TPSA) is 93.6 Å². The van der Waals surface area contributed by atoms with Gasteiger partial charge in [-0.05, 0) is 124 Å². The summed E-state index contributed by atoms with van der Waals surface area (Å²) in [6.07, 6.45) is 7.13. The van der Waals surface area contributed by atoms with E-state index in [1.165, 1.54) is 0 Å². The second-order valence-corrected chi connectivity index (χ2v) is 14.1. The molecule has 0 spiro atoms. The number of aromatic nitrogens is 2. The molecule has 7 nitrogen and oxygen atoms in total. The van der Waals surface area contributed by atoms with Crippen LogP contribution in [0.3, 0.4) is 0 Å². The van der Waals surface area contributed by atoms with Crippen molar-refractivity contribution in [3.8, 4) is 22.3 Å². The van der Waals surface area contributed by atoms with Gasteiger partial charge in [-0.25, -0.2) is 0 Å². The molecule has 0 aliphatic carbocycles. The van der Waals surface area contributed by atoms with Crippen molar-refractivity contribution in [1.29, 1.82) is 0 Å². The van der Waals surface area contributed by atoms with E-state index >= 15 is 0 Å². The van der Waals surface area contributed by atoms with Gasteiger partial charge in [0.15, 0.2) is 0 Å². The fourth-order valence-electron chi connectivity index (χ4n) is 6.39. The molecule has 0 N–H and O–H groups in total. The number of pyridine rings is 2. The lowest BCUT2D eigenvalue weighted by atomic mass is 9.82. The third-order valence-electron chi connectivity index (χ3n) is 9.02. The molecule has 5 aromatic rings. The summed E-state index contributed by atoms with van der Waals surface area (Å²) in [6, 6.07) is 23.6. The Morgan fingerprint density at radius 2 is 1.00 bits per heavy atom. The molecule has 0 unspecified atom stereocenters. The summed E-state index contributed by atoms with van der Waals surface area (Å²) in [7, 11) is 0. The van der Waals surface area contributed by atoms with Gasteiger partial charge in [-0.1, -0.05) is 73.6 Å². The van der Waals surface area contributed by atoms with Crippen molar-refractivity contribution in [2.75, 3.05) is 0 Å². The summed E-state index contributed by atoms with van der Waals surface area (Å²) >= 11 is 0. The van der Waals surface area contributed by atoms with Gasteiger partial charge in [-0.3, -0.25) is 30.1 Å². The number of benzene rings is 3. The number of nitro groups is 1. The predicted octanol–water partition coefficient (Wildman–Crippen LogP) is 12.0. The number of hydrogen-bond acceptors (Lipinski definition) is 6. The smallest absolute Gasteiger partial charge is 0.258 e. The lowest BCUT2D eigenvalue weighted by Gasteiger charge is -2.23. The highest BCUT2D eigenvalue weighted by Crippen LogP contribution is 2.48. The minimum atomic E-state index is -0.256. The maximum Gasteiger partial charge on any atom is 0.277 e. The quantitative estimate of drug-likeness (QED) is 0.0797. The number of hydrogen-bond donors (Lipinski definition) is 0. The first kappa shape index (κ1) is 36.0. The van der Waals surface area contributed by atoms with Crippen molar-refractivity contribution in [1.82, 2.24) is 9.97 Å². The van der Waals surface area contributed by atoms with Gasteiger partial charge in [0.1, 0.15) is 0 Å². The predicted molar refractivity (Wildman–Crippen MR) is 208 cm³/mol. The van der Waals surface area contributed by atoms with Crippen LogP contribution in [0.15, 0.2) is 95.2 Å². The zero-order valence-electron chi connectivity index (χ0n) is 30.6. The standard InChI is InChI=1S/C43H47N5O2/c1-26(2)35-20-31(21-36(27(3)4)42(35)46-24-33-14-10-12-18-44-33)40-30(9)16-17-39(48(49)50)41(40)32-22-37(28(5)6)43(38(23-32)29(7)8)47-25-34-15-11-13-19-45-34/h10-29H,1-9H3. The van der Waals surface area contributed by atoms with Crippen LogP contribution in [0.2, 0.25) is 0 Å². The minimum Gasteiger partial charge on any atom is -0.258 e. The SMILES string of the molecule is Cc1ccc([N+](=O)[O-])c(-c2cc(C(C)C)c(N=Cc3ccccn3)c(C(C)C)c2)c1-c1cc(C(C)C)c(N=Cc2ccccn2)c(C(C)C)c1. The second-order valence-electron chi connectivity index (χ2n) is 14.1. The van der Waals surface area contributed by atoms with Crippen LogP contribution in [0, 0.1) is 17.0 Å². The highest BCUT2D eigenvalue weighted by Gasteiger charge is 2.27. The Hall–Kier alpha value is -5.30. The summed E-state index contributed by atoms with van der Waals surface area (Å²) in [5, 5.41) is 12.8. The molecule has 0 atom stereocenters. The normalized spacial score (nSPS) is 12.0. The highest BCUT2D eigenvalue weighted by molar-refractivity contribution is 5.94. The van der Waals surface area contributed by atoms with E-state index in [1.54, 1.807) is 24.7 Å². The summed E-state index contributed by atoms with van der Waals surface area (Å²) in [4.78, 5) is 31.4. The molecule has 0 aliphatic heterocycles. The highest BCUT2D eigenvalue weighted by atomic mass is 16.6. The van der Waals surface area contributed by atoms with Crippen LogP contribution in [0.1, 0.15) is 118 Å². The van der Waals surface area contributed by atoms with Crippen LogP contribution in [-0.4, -0.2) is 27.3 Å². The average Bonchev–Trinajstić information content (AvgIpc) is 3.09. The first-order valence-corrected chi connectivity index (χ1v) is 17.4. The van der Waals surface area contributed by atoms with E-state index in [2.05, 4.69) is 89.6 Å². The molecule has 3 aromatic carbocycles. The van der Waals surface area contributed by atoms with E-state index in [0.717, 1.165) is 67.3 Å². The van der Waals surface area contributed by atoms with Gasteiger partial charge in [-0.15, -0.1) is 0 Å². The van der Waals surface area contributed by atoms with Crippen molar-refractivity contribution in [3.63, 3.8) is 0 Å². The van der Waals surface area contributed by atoms with Crippen LogP contribution in [0.5, 0.6) is 0 Å². The molecule has 0 radical (unpaired) electrons. The fourth-order valence-corrected chi connectivity index (χ4v) is 6.39. The maximum atomic E-state index is 12.8.